The van der Waals surface area contributed by atoms with Crippen molar-refractivity contribution in [2.75, 3.05) is 0 Å². The topological polar surface area (TPSA) is 12.0 Å². The molecule has 112 valence electrons. The van der Waals surface area contributed by atoms with E-state index in [0.29, 0.717) is 12.1 Å². The van der Waals surface area contributed by atoms with Gasteiger partial charge in [0, 0.05) is 22.0 Å². The molecule has 3 rings (SSSR count). The van der Waals surface area contributed by atoms with Crippen molar-refractivity contribution < 1.29 is 0 Å². The van der Waals surface area contributed by atoms with E-state index in [1.165, 1.54) is 39.1 Å². The number of thiophene rings is 1. The number of halogens is 2. The average Bonchev–Trinajstić information content (AvgIpc) is 2.83. The molecule has 0 bridgehead atoms. The molecule has 1 heterocycles. The molecule has 1 aromatic carbocycles. The summed E-state index contributed by atoms with van der Waals surface area (Å²) in [6.45, 7) is 2.25. The van der Waals surface area contributed by atoms with Gasteiger partial charge in [0.1, 0.15) is 0 Å². The fourth-order valence-electron chi connectivity index (χ4n) is 3.09. The van der Waals surface area contributed by atoms with Crippen molar-refractivity contribution in [1.29, 1.82) is 0 Å². The van der Waals surface area contributed by atoms with Crippen LogP contribution >= 0.6 is 38.9 Å². The Kier molecular flexibility index (Phi) is 5.05. The largest absolute Gasteiger partial charge is 0.307 e. The van der Waals surface area contributed by atoms with E-state index >= 15 is 0 Å². The second-order valence-electron chi connectivity index (χ2n) is 5.74. The maximum Gasteiger partial charge on any atom is 0.0704 e. The Labute approximate surface area is 143 Å². The minimum atomic E-state index is 0.416. The van der Waals surface area contributed by atoms with Gasteiger partial charge in [-0.1, -0.05) is 29.8 Å². The van der Waals surface area contributed by atoms with Crippen LogP contribution in [0, 0.1) is 0 Å². The fraction of sp³-hybridized carbons (Fsp3) is 0.412. The Hall–Kier alpha value is -0.350. The number of hydrogen-bond donors (Lipinski definition) is 1. The van der Waals surface area contributed by atoms with Gasteiger partial charge in [-0.05, 0) is 71.8 Å². The highest BCUT2D eigenvalue weighted by molar-refractivity contribution is 9.11. The van der Waals surface area contributed by atoms with E-state index in [4.69, 9.17) is 11.6 Å². The molecule has 1 aliphatic carbocycles. The molecular weight excluding hydrogens is 366 g/mol. The molecule has 4 heteroatoms. The smallest absolute Gasteiger partial charge is 0.0704 e. The summed E-state index contributed by atoms with van der Waals surface area (Å²) in [5, 5.41) is 4.66. The molecule has 2 atom stereocenters. The number of hydrogen-bond acceptors (Lipinski definition) is 2. The molecule has 1 aromatic heterocycles. The van der Waals surface area contributed by atoms with E-state index in [0.717, 1.165) is 11.4 Å². The predicted molar refractivity (Wildman–Crippen MR) is 95.5 cm³/mol. The van der Waals surface area contributed by atoms with Gasteiger partial charge < -0.3 is 5.32 Å². The van der Waals surface area contributed by atoms with Crippen molar-refractivity contribution in [2.24, 2.45) is 0 Å². The number of aryl methyl sites for hydroxylation is 1. The number of benzene rings is 1. The zero-order chi connectivity index (χ0) is 14.8. The monoisotopic (exact) mass is 383 g/mol. The lowest BCUT2D eigenvalue weighted by molar-refractivity contribution is 0.409. The summed E-state index contributed by atoms with van der Waals surface area (Å²) >= 11 is 11.8. The van der Waals surface area contributed by atoms with Crippen LogP contribution in [0.25, 0.3) is 0 Å². The van der Waals surface area contributed by atoms with Crippen LogP contribution in [0.15, 0.2) is 34.1 Å². The first-order valence-electron chi connectivity index (χ1n) is 7.41. The van der Waals surface area contributed by atoms with Crippen molar-refractivity contribution in [2.45, 2.75) is 44.7 Å². The first-order valence-corrected chi connectivity index (χ1v) is 9.40. The highest BCUT2D eigenvalue weighted by Gasteiger charge is 2.23. The highest BCUT2D eigenvalue weighted by atomic mass is 79.9. The van der Waals surface area contributed by atoms with E-state index in [2.05, 4.69) is 46.4 Å². The standard InChI is InChI=1S/C17H19BrClNS/c1-11(9-12-5-2-3-6-14(12)19)20-15-7-4-8-16-13(15)10-17(18)21-16/h2-3,5-6,10-11,15,20H,4,7-9H2,1H3. The lowest BCUT2D eigenvalue weighted by Gasteiger charge is -2.27. The fourth-order valence-corrected chi connectivity index (χ4v) is 5.12. The zero-order valence-electron chi connectivity index (χ0n) is 12.0. The summed E-state index contributed by atoms with van der Waals surface area (Å²) < 4.78 is 1.25. The van der Waals surface area contributed by atoms with Gasteiger partial charge in [0.15, 0.2) is 0 Å². The van der Waals surface area contributed by atoms with Crippen molar-refractivity contribution in [3.8, 4) is 0 Å². The lowest BCUT2D eigenvalue weighted by atomic mass is 9.93. The molecule has 0 saturated carbocycles. The van der Waals surface area contributed by atoms with Crippen molar-refractivity contribution in [3.63, 3.8) is 0 Å². The first kappa shape index (κ1) is 15.5. The Bertz CT molecular complexity index is 625. The van der Waals surface area contributed by atoms with E-state index < -0.39 is 0 Å². The second-order valence-corrected chi connectivity index (χ2v) is 8.66. The van der Waals surface area contributed by atoms with Gasteiger partial charge in [-0.3, -0.25) is 0 Å². The Morgan fingerprint density at radius 3 is 3.05 bits per heavy atom. The lowest BCUT2D eigenvalue weighted by Crippen LogP contribution is -2.33. The van der Waals surface area contributed by atoms with Crippen LogP contribution in [-0.2, 0) is 12.8 Å². The van der Waals surface area contributed by atoms with Crippen molar-refractivity contribution in [3.05, 3.63) is 55.1 Å². The van der Waals surface area contributed by atoms with Gasteiger partial charge in [-0.15, -0.1) is 11.3 Å². The molecule has 0 radical (unpaired) electrons. The van der Waals surface area contributed by atoms with Gasteiger partial charge in [0.05, 0.1) is 3.79 Å². The predicted octanol–water partition coefficient (Wildman–Crippen LogP) is 5.76. The van der Waals surface area contributed by atoms with Crippen molar-refractivity contribution >= 4 is 38.9 Å². The van der Waals surface area contributed by atoms with Crippen LogP contribution in [0.3, 0.4) is 0 Å². The average molecular weight is 385 g/mol. The SMILES string of the molecule is CC(Cc1ccccc1Cl)NC1CCCc2sc(Br)cc21. The Morgan fingerprint density at radius 2 is 2.24 bits per heavy atom. The molecule has 21 heavy (non-hydrogen) atoms. The molecular formula is C17H19BrClNS. The van der Waals surface area contributed by atoms with E-state index in [1.54, 1.807) is 0 Å². The summed E-state index contributed by atoms with van der Waals surface area (Å²) in [6, 6.07) is 11.3. The number of nitrogens with one attached hydrogen (secondary N) is 1. The molecule has 1 nitrogen and oxygen atoms in total. The molecule has 1 aliphatic rings. The number of rotatable bonds is 4. The van der Waals surface area contributed by atoms with Crippen LogP contribution in [0.5, 0.6) is 0 Å². The van der Waals surface area contributed by atoms with E-state index in [1.807, 2.05) is 23.5 Å². The molecule has 0 fully saturated rings. The summed E-state index contributed by atoms with van der Waals surface area (Å²) in [4.78, 5) is 1.54. The number of fused-ring (bicyclic) bond motifs is 1. The third-order valence-corrected chi connectivity index (χ3v) is 6.14. The third-order valence-electron chi connectivity index (χ3n) is 4.05. The summed E-state index contributed by atoms with van der Waals surface area (Å²) in [7, 11) is 0. The van der Waals surface area contributed by atoms with Gasteiger partial charge in [-0.2, -0.15) is 0 Å². The Morgan fingerprint density at radius 1 is 1.43 bits per heavy atom. The van der Waals surface area contributed by atoms with Gasteiger partial charge in [-0.25, -0.2) is 0 Å². The quantitative estimate of drug-likeness (QED) is 0.706. The van der Waals surface area contributed by atoms with Gasteiger partial charge >= 0.3 is 0 Å². The highest BCUT2D eigenvalue weighted by Crippen LogP contribution is 2.38. The molecule has 0 amide bonds. The van der Waals surface area contributed by atoms with Crippen LogP contribution in [-0.4, -0.2) is 6.04 Å². The summed E-state index contributed by atoms with van der Waals surface area (Å²) in [6.07, 6.45) is 4.69. The van der Waals surface area contributed by atoms with E-state index in [-0.39, 0.29) is 0 Å². The molecule has 2 aromatic rings. The third kappa shape index (κ3) is 3.70. The normalized spacial score (nSPS) is 19.3. The van der Waals surface area contributed by atoms with Crippen LogP contribution < -0.4 is 5.32 Å². The van der Waals surface area contributed by atoms with Gasteiger partial charge in [0.2, 0.25) is 0 Å². The van der Waals surface area contributed by atoms with E-state index in [9.17, 15) is 0 Å². The summed E-state index contributed by atoms with van der Waals surface area (Å²) in [5.41, 5.74) is 2.71. The second kappa shape index (κ2) is 6.82. The molecule has 2 unspecified atom stereocenters. The van der Waals surface area contributed by atoms with Crippen molar-refractivity contribution in [1.82, 2.24) is 5.32 Å². The van der Waals surface area contributed by atoms with Crippen LogP contribution in [0.1, 0.15) is 41.8 Å². The Balaban J connectivity index is 1.68. The first-order chi connectivity index (χ1) is 10.1. The molecule has 0 aliphatic heterocycles. The maximum absolute atomic E-state index is 6.26. The van der Waals surface area contributed by atoms with Crippen LogP contribution in [0.2, 0.25) is 5.02 Å². The summed E-state index contributed by atoms with van der Waals surface area (Å²) in [5.74, 6) is 0. The molecule has 0 spiro atoms. The minimum Gasteiger partial charge on any atom is -0.307 e. The molecule has 1 N–H and O–H groups in total. The van der Waals surface area contributed by atoms with Crippen LogP contribution in [0.4, 0.5) is 0 Å². The zero-order valence-corrected chi connectivity index (χ0v) is 15.2. The maximum atomic E-state index is 6.26. The minimum absolute atomic E-state index is 0.416. The molecule has 0 saturated heterocycles. The van der Waals surface area contributed by atoms with Gasteiger partial charge in [0.25, 0.3) is 0 Å².